The van der Waals surface area contributed by atoms with Crippen LogP contribution in [0.25, 0.3) is 0 Å². The Bertz CT molecular complexity index is 460. The van der Waals surface area contributed by atoms with Gasteiger partial charge in [0.05, 0.1) is 21.3 Å². The van der Waals surface area contributed by atoms with Gasteiger partial charge in [-0.15, -0.1) is 0 Å². The average Bonchev–Trinajstić information content (AvgIpc) is 2.59. The maximum absolute atomic E-state index is 12.5. The second kappa shape index (κ2) is 3.37. The molecule has 3 rings (SSSR count). The van der Waals surface area contributed by atoms with Crippen molar-refractivity contribution in [1.82, 2.24) is 0 Å². The highest BCUT2D eigenvalue weighted by molar-refractivity contribution is 6.87. The zero-order valence-corrected chi connectivity index (χ0v) is 13.2. The van der Waals surface area contributed by atoms with Gasteiger partial charge in [0.1, 0.15) is 0 Å². The number of rotatable bonds is 2. The Morgan fingerprint density at radius 3 is 2.61 bits per heavy atom. The van der Waals surface area contributed by atoms with Gasteiger partial charge in [0, 0.05) is 17.3 Å². The highest BCUT2D eigenvalue weighted by Crippen LogP contribution is 2.79. The second-order valence-electron chi connectivity index (χ2n) is 7.55. The lowest BCUT2D eigenvalue weighted by molar-refractivity contribution is -0.115. The van der Waals surface area contributed by atoms with Crippen LogP contribution < -0.4 is 0 Å². The molecule has 3 aliphatic rings. The first-order valence-corrected chi connectivity index (χ1v) is 10.6. The minimum absolute atomic E-state index is 0.201. The molecule has 1 saturated heterocycles. The lowest BCUT2D eigenvalue weighted by Gasteiger charge is -2.28. The van der Waals surface area contributed by atoms with E-state index in [9.17, 15) is 4.79 Å². The van der Waals surface area contributed by atoms with Crippen LogP contribution in [0.1, 0.15) is 26.7 Å². The predicted molar refractivity (Wildman–Crippen MR) is 75.1 cm³/mol. The Morgan fingerprint density at radius 1 is 1.39 bits per heavy atom. The number of hydrogen-bond acceptors (Lipinski definition) is 2. The van der Waals surface area contributed by atoms with Gasteiger partial charge in [-0.2, -0.15) is 0 Å². The van der Waals surface area contributed by atoms with E-state index in [0.717, 1.165) is 19.6 Å². The third kappa shape index (κ3) is 1.20. The molecule has 2 nitrogen and oxygen atoms in total. The van der Waals surface area contributed by atoms with Gasteiger partial charge < -0.3 is 4.74 Å². The van der Waals surface area contributed by atoms with Crippen LogP contribution in [0.5, 0.6) is 0 Å². The van der Waals surface area contributed by atoms with E-state index in [2.05, 4.69) is 33.5 Å². The van der Waals surface area contributed by atoms with Gasteiger partial charge in [0.2, 0.25) is 0 Å². The SMILES string of the molecule is CC[C@H]1[C@]2(C)COCC3=C([Si](C)(C)C)C(=O)C[C@@]312. The molecule has 0 aromatic rings. The van der Waals surface area contributed by atoms with Gasteiger partial charge in [0.15, 0.2) is 5.78 Å². The van der Waals surface area contributed by atoms with Crippen molar-refractivity contribution < 1.29 is 9.53 Å². The zero-order chi connectivity index (χ0) is 13.3. The van der Waals surface area contributed by atoms with Gasteiger partial charge in [-0.3, -0.25) is 4.79 Å². The van der Waals surface area contributed by atoms with Crippen molar-refractivity contribution in [3.8, 4) is 0 Å². The second-order valence-corrected chi connectivity index (χ2v) is 12.5. The van der Waals surface area contributed by atoms with Crippen LogP contribution >= 0.6 is 0 Å². The molecule has 1 spiro atoms. The molecule has 2 fully saturated rings. The summed E-state index contributed by atoms with van der Waals surface area (Å²) in [6.07, 6.45) is 1.95. The third-order valence-electron chi connectivity index (χ3n) is 5.66. The van der Waals surface area contributed by atoms with E-state index < -0.39 is 8.07 Å². The summed E-state index contributed by atoms with van der Waals surface area (Å²) in [5.74, 6) is 1.11. The normalized spacial score (nSPS) is 42.9. The predicted octanol–water partition coefficient (Wildman–Crippen LogP) is 3.20. The molecule has 1 saturated carbocycles. The standard InChI is InChI=1S/C15H24O2Si/c1-6-12-14(2)9-17-8-10-13(18(3,4)5)11(16)7-15(10,12)14/h12H,6-9H2,1-5H3/t12-,14-,15+/m0/s1. The molecule has 18 heavy (non-hydrogen) atoms. The zero-order valence-electron chi connectivity index (χ0n) is 12.2. The fourth-order valence-electron chi connectivity index (χ4n) is 5.05. The molecule has 100 valence electrons. The van der Waals surface area contributed by atoms with Crippen LogP contribution in [0.2, 0.25) is 19.6 Å². The molecule has 0 amide bonds. The van der Waals surface area contributed by atoms with Crippen molar-refractivity contribution in [2.75, 3.05) is 13.2 Å². The Hall–Kier alpha value is -0.413. The fourth-order valence-corrected chi connectivity index (χ4v) is 7.17. The van der Waals surface area contributed by atoms with E-state index in [1.807, 2.05) is 0 Å². The highest BCUT2D eigenvalue weighted by atomic mass is 28.3. The summed E-state index contributed by atoms with van der Waals surface area (Å²) in [6, 6.07) is 0. The summed E-state index contributed by atoms with van der Waals surface area (Å²) in [5, 5.41) is 1.21. The van der Waals surface area contributed by atoms with Crippen LogP contribution in [0, 0.1) is 16.7 Å². The molecular weight excluding hydrogens is 240 g/mol. The molecule has 0 unspecified atom stereocenters. The molecule has 3 heteroatoms. The minimum Gasteiger partial charge on any atom is -0.376 e. The number of ether oxygens (including phenoxy) is 1. The monoisotopic (exact) mass is 264 g/mol. The number of allylic oxidation sites excluding steroid dienone is 1. The number of Topliss-reactive ketones (excluding diaryl/α,β-unsaturated/α-hetero) is 1. The van der Waals surface area contributed by atoms with Gasteiger partial charge in [-0.25, -0.2) is 0 Å². The van der Waals surface area contributed by atoms with E-state index in [4.69, 9.17) is 4.74 Å². The van der Waals surface area contributed by atoms with Gasteiger partial charge in [0.25, 0.3) is 0 Å². The summed E-state index contributed by atoms with van der Waals surface area (Å²) in [6.45, 7) is 13.0. The molecule has 2 aliphatic carbocycles. The van der Waals surface area contributed by atoms with E-state index in [-0.39, 0.29) is 10.8 Å². The van der Waals surface area contributed by atoms with E-state index >= 15 is 0 Å². The Morgan fingerprint density at radius 2 is 2.06 bits per heavy atom. The summed E-state index contributed by atoms with van der Waals surface area (Å²) in [5.41, 5.74) is 1.85. The van der Waals surface area contributed by atoms with Crippen LogP contribution in [-0.2, 0) is 9.53 Å². The Balaban J connectivity index is 2.15. The lowest BCUT2D eigenvalue weighted by atomic mass is 9.86. The van der Waals surface area contributed by atoms with Crippen molar-refractivity contribution in [2.24, 2.45) is 16.7 Å². The van der Waals surface area contributed by atoms with Crippen LogP contribution in [0.3, 0.4) is 0 Å². The van der Waals surface area contributed by atoms with Crippen molar-refractivity contribution >= 4 is 13.9 Å². The van der Waals surface area contributed by atoms with Gasteiger partial charge in [-0.1, -0.05) is 39.9 Å². The maximum Gasteiger partial charge on any atom is 0.155 e. The topological polar surface area (TPSA) is 26.3 Å². The van der Waals surface area contributed by atoms with Crippen LogP contribution in [0.4, 0.5) is 0 Å². The largest absolute Gasteiger partial charge is 0.376 e. The summed E-state index contributed by atoms with van der Waals surface area (Å²) in [7, 11) is -1.54. The first-order valence-electron chi connectivity index (χ1n) is 7.14. The van der Waals surface area contributed by atoms with Crippen LogP contribution in [-0.4, -0.2) is 27.1 Å². The van der Waals surface area contributed by atoms with Crippen molar-refractivity contribution in [3.63, 3.8) is 0 Å². The molecular formula is C15H24O2Si. The lowest BCUT2D eigenvalue weighted by Crippen LogP contribution is -2.30. The number of carbonyl (C=O) groups is 1. The molecule has 0 bridgehead atoms. The van der Waals surface area contributed by atoms with Crippen molar-refractivity contribution in [1.29, 1.82) is 0 Å². The third-order valence-corrected chi connectivity index (χ3v) is 7.75. The summed E-state index contributed by atoms with van der Waals surface area (Å²) >= 11 is 0. The summed E-state index contributed by atoms with van der Waals surface area (Å²) in [4.78, 5) is 12.5. The molecule has 1 aliphatic heterocycles. The maximum atomic E-state index is 12.5. The van der Waals surface area contributed by atoms with Crippen LogP contribution in [0.15, 0.2) is 10.8 Å². The molecule has 0 radical (unpaired) electrons. The van der Waals surface area contributed by atoms with Crippen molar-refractivity contribution in [3.05, 3.63) is 10.8 Å². The van der Waals surface area contributed by atoms with E-state index in [1.54, 1.807) is 0 Å². The highest BCUT2D eigenvalue weighted by Gasteiger charge is 2.78. The molecule has 0 aromatic carbocycles. The average molecular weight is 264 g/mol. The number of carbonyl (C=O) groups excluding carboxylic acids is 1. The molecule has 1 heterocycles. The van der Waals surface area contributed by atoms with Crippen molar-refractivity contribution in [2.45, 2.75) is 46.3 Å². The fraction of sp³-hybridized carbons (Fsp3) is 0.800. The number of ketones is 1. The van der Waals surface area contributed by atoms with E-state index in [1.165, 1.54) is 17.2 Å². The molecule has 0 N–H and O–H groups in total. The minimum atomic E-state index is -1.54. The molecule has 0 aromatic heterocycles. The first kappa shape index (κ1) is 12.6. The smallest absolute Gasteiger partial charge is 0.155 e. The van der Waals surface area contributed by atoms with E-state index in [0.29, 0.717) is 11.7 Å². The van der Waals surface area contributed by atoms with Gasteiger partial charge >= 0.3 is 0 Å². The summed E-state index contributed by atoms with van der Waals surface area (Å²) < 4.78 is 5.85. The number of hydrogen-bond donors (Lipinski definition) is 0. The first-order chi connectivity index (χ1) is 8.29. The Kier molecular flexibility index (Phi) is 2.36. The van der Waals surface area contributed by atoms with Gasteiger partial charge in [-0.05, 0) is 16.7 Å². The molecule has 3 atom stereocenters. The quantitative estimate of drug-likeness (QED) is 0.716. The Labute approximate surface area is 111 Å².